The molecule has 19 heavy (non-hydrogen) atoms. The standard InChI is InChI=1S/C14H17NO3S/c1-2-19(17,18)13-10-15(11-13)14(16)9-8-12-6-4-3-5-7-12/h3-9,13H,2,10-11H2,1H3/b9-8+. The quantitative estimate of drug-likeness (QED) is 0.782. The molecule has 0 aliphatic carbocycles. The van der Waals surface area contributed by atoms with Crippen LogP contribution in [0.2, 0.25) is 0 Å². The number of hydrogen-bond donors (Lipinski definition) is 0. The second-order valence-electron chi connectivity index (χ2n) is 4.56. The second-order valence-corrected chi connectivity index (χ2v) is 7.13. The Labute approximate surface area is 113 Å². The molecule has 1 saturated heterocycles. The molecule has 0 radical (unpaired) electrons. The number of nitrogens with zero attached hydrogens (tertiary/aromatic N) is 1. The zero-order chi connectivity index (χ0) is 13.9. The van der Waals surface area contributed by atoms with E-state index in [0.29, 0.717) is 13.1 Å². The number of carbonyl (C=O) groups is 1. The summed E-state index contributed by atoms with van der Waals surface area (Å²) < 4.78 is 23.1. The summed E-state index contributed by atoms with van der Waals surface area (Å²) in [5, 5.41) is -0.383. The maximum atomic E-state index is 11.8. The van der Waals surface area contributed by atoms with Crippen molar-refractivity contribution in [2.24, 2.45) is 0 Å². The topological polar surface area (TPSA) is 54.5 Å². The van der Waals surface area contributed by atoms with Crippen LogP contribution in [-0.4, -0.2) is 43.3 Å². The van der Waals surface area contributed by atoms with Gasteiger partial charge in [0.1, 0.15) is 0 Å². The SMILES string of the molecule is CCS(=O)(=O)C1CN(C(=O)/C=C/c2ccccc2)C1. The van der Waals surface area contributed by atoms with Crippen LogP contribution in [0.3, 0.4) is 0 Å². The molecule has 102 valence electrons. The molecule has 5 heteroatoms. The van der Waals surface area contributed by atoms with Gasteiger partial charge in [0.2, 0.25) is 5.91 Å². The fraction of sp³-hybridized carbons (Fsp3) is 0.357. The molecule has 0 unspecified atom stereocenters. The summed E-state index contributed by atoms with van der Waals surface area (Å²) in [6.07, 6.45) is 3.23. The van der Waals surface area contributed by atoms with E-state index in [1.165, 1.54) is 6.08 Å². The van der Waals surface area contributed by atoms with Crippen LogP contribution < -0.4 is 0 Å². The lowest BCUT2D eigenvalue weighted by molar-refractivity contribution is -0.128. The number of amides is 1. The van der Waals surface area contributed by atoms with Gasteiger partial charge < -0.3 is 4.90 Å². The normalized spacial score (nSPS) is 16.6. The highest BCUT2D eigenvalue weighted by molar-refractivity contribution is 7.92. The Bertz CT molecular complexity index is 572. The first-order valence-corrected chi connectivity index (χ1v) is 7.98. The van der Waals surface area contributed by atoms with Crippen LogP contribution in [0.25, 0.3) is 6.08 Å². The van der Waals surface area contributed by atoms with E-state index in [9.17, 15) is 13.2 Å². The van der Waals surface area contributed by atoms with Crippen LogP contribution in [0, 0.1) is 0 Å². The molecular formula is C14H17NO3S. The zero-order valence-electron chi connectivity index (χ0n) is 10.8. The van der Waals surface area contributed by atoms with E-state index in [2.05, 4.69) is 0 Å². The van der Waals surface area contributed by atoms with Crippen molar-refractivity contribution < 1.29 is 13.2 Å². The van der Waals surface area contributed by atoms with E-state index >= 15 is 0 Å². The Morgan fingerprint density at radius 2 is 1.95 bits per heavy atom. The van der Waals surface area contributed by atoms with Crippen molar-refractivity contribution in [2.45, 2.75) is 12.2 Å². The largest absolute Gasteiger partial charge is 0.336 e. The molecule has 4 nitrogen and oxygen atoms in total. The van der Waals surface area contributed by atoms with Crippen LogP contribution in [-0.2, 0) is 14.6 Å². The molecule has 2 rings (SSSR count). The maximum Gasteiger partial charge on any atom is 0.246 e. The molecule has 1 aliphatic heterocycles. The van der Waals surface area contributed by atoms with Crippen LogP contribution in [0.4, 0.5) is 0 Å². The molecule has 0 bridgehead atoms. The third kappa shape index (κ3) is 3.23. The molecule has 0 atom stereocenters. The predicted molar refractivity (Wildman–Crippen MR) is 75.3 cm³/mol. The molecular weight excluding hydrogens is 262 g/mol. The Morgan fingerprint density at radius 3 is 2.53 bits per heavy atom. The van der Waals surface area contributed by atoms with Crippen LogP contribution >= 0.6 is 0 Å². The van der Waals surface area contributed by atoms with Gasteiger partial charge in [-0.3, -0.25) is 4.79 Å². The molecule has 1 heterocycles. The van der Waals surface area contributed by atoms with Crippen LogP contribution in [0.1, 0.15) is 12.5 Å². The number of rotatable bonds is 4. The summed E-state index contributed by atoms with van der Waals surface area (Å²) in [5.74, 6) is 0.00549. The average molecular weight is 279 g/mol. The van der Waals surface area contributed by atoms with Gasteiger partial charge in [-0.15, -0.1) is 0 Å². The Hall–Kier alpha value is -1.62. The first-order chi connectivity index (χ1) is 9.03. The summed E-state index contributed by atoms with van der Waals surface area (Å²) in [6, 6.07) is 9.53. The lowest BCUT2D eigenvalue weighted by atomic mass is 10.2. The van der Waals surface area contributed by atoms with Gasteiger partial charge in [-0.1, -0.05) is 37.3 Å². The molecule has 0 spiro atoms. The van der Waals surface area contributed by atoms with Crippen LogP contribution in [0.5, 0.6) is 0 Å². The smallest absolute Gasteiger partial charge is 0.246 e. The first kappa shape index (κ1) is 13.8. The predicted octanol–water partition coefficient (Wildman–Crippen LogP) is 1.35. The van der Waals surface area contributed by atoms with Crippen molar-refractivity contribution in [3.63, 3.8) is 0 Å². The van der Waals surface area contributed by atoms with Gasteiger partial charge in [-0.25, -0.2) is 8.42 Å². The number of benzene rings is 1. The van der Waals surface area contributed by atoms with Crippen molar-refractivity contribution in [1.29, 1.82) is 0 Å². The Balaban J connectivity index is 1.89. The van der Waals surface area contributed by atoms with Gasteiger partial charge in [0, 0.05) is 24.9 Å². The molecule has 1 aromatic rings. The van der Waals surface area contributed by atoms with Gasteiger partial charge in [0.05, 0.1) is 5.25 Å². The third-order valence-electron chi connectivity index (χ3n) is 3.29. The van der Waals surface area contributed by atoms with Gasteiger partial charge >= 0.3 is 0 Å². The molecule has 0 aromatic heterocycles. The minimum absolute atomic E-state index is 0.133. The zero-order valence-corrected chi connectivity index (χ0v) is 11.6. The Kier molecular flexibility index (Phi) is 4.04. The van der Waals surface area contributed by atoms with E-state index in [4.69, 9.17) is 0 Å². The maximum absolute atomic E-state index is 11.8. The second kappa shape index (κ2) is 5.57. The van der Waals surface area contributed by atoms with E-state index in [1.54, 1.807) is 17.9 Å². The van der Waals surface area contributed by atoms with Crippen molar-refractivity contribution in [2.75, 3.05) is 18.8 Å². The van der Waals surface area contributed by atoms with Crippen molar-refractivity contribution >= 4 is 21.8 Å². The van der Waals surface area contributed by atoms with E-state index in [0.717, 1.165) is 5.56 Å². The third-order valence-corrected chi connectivity index (χ3v) is 5.41. The summed E-state index contributed by atoms with van der Waals surface area (Å²) >= 11 is 0. The fourth-order valence-corrected chi connectivity index (χ4v) is 3.20. The molecule has 0 N–H and O–H groups in total. The molecule has 1 aliphatic rings. The first-order valence-electron chi connectivity index (χ1n) is 6.26. The highest BCUT2D eigenvalue weighted by Crippen LogP contribution is 2.17. The molecule has 1 amide bonds. The summed E-state index contributed by atoms with van der Waals surface area (Å²) in [5.41, 5.74) is 0.953. The number of carbonyl (C=O) groups excluding carboxylic acids is 1. The van der Waals surface area contributed by atoms with Gasteiger partial charge in [-0.2, -0.15) is 0 Å². The lowest BCUT2D eigenvalue weighted by Gasteiger charge is -2.37. The highest BCUT2D eigenvalue weighted by atomic mass is 32.2. The van der Waals surface area contributed by atoms with Crippen LogP contribution in [0.15, 0.2) is 36.4 Å². The summed E-state index contributed by atoms with van der Waals surface area (Å²) in [6.45, 7) is 2.26. The minimum atomic E-state index is -3.01. The van der Waals surface area contributed by atoms with E-state index in [-0.39, 0.29) is 16.9 Å². The monoisotopic (exact) mass is 279 g/mol. The van der Waals surface area contributed by atoms with Crippen molar-refractivity contribution in [3.8, 4) is 0 Å². The number of hydrogen-bond acceptors (Lipinski definition) is 3. The molecule has 0 saturated carbocycles. The number of likely N-dealkylation sites (tertiary alicyclic amines) is 1. The van der Waals surface area contributed by atoms with E-state index in [1.807, 2.05) is 30.3 Å². The Morgan fingerprint density at radius 1 is 1.32 bits per heavy atom. The van der Waals surface area contributed by atoms with Gasteiger partial charge in [0.25, 0.3) is 0 Å². The van der Waals surface area contributed by atoms with Crippen molar-refractivity contribution in [1.82, 2.24) is 4.90 Å². The van der Waals surface area contributed by atoms with E-state index < -0.39 is 9.84 Å². The van der Waals surface area contributed by atoms with Crippen molar-refractivity contribution in [3.05, 3.63) is 42.0 Å². The molecule has 1 aromatic carbocycles. The minimum Gasteiger partial charge on any atom is -0.336 e. The fourth-order valence-electron chi connectivity index (χ4n) is 1.92. The number of sulfone groups is 1. The highest BCUT2D eigenvalue weighted by Gasteiger charge is 2.37. The average Bonchev–Trinajstić information content (AvgIpc) is 2.35. The molecule has 1 fully saturated rings. The van der Waals surface area contributed by atoms with Gasteiger partial charge in [-0.05, 0) is 11.6 Å². The van der Waals surface area contributed by atoms with Gasteiger partial charge in [0.15, 0.2) is 9.84 Å². The lowest BCUT2D eigenvalue weighted by Crippen LogP contribution is -2.56. The summed E-state index contributed by atoms with van der Waals surface area (Å²) in [4.78, 5) is 13.4. The summed E-state index contributed by atoms with van der Waals surface area (Å²) in [7, 11) is -3.01.